The molecule has 0 spiro atoms. The second kappa shape index (κ2) is 16.1. The summed E-state index contributed by atoms with van der Waals surface area (Å²) in [5, 5.41) is 14.9. The summed E-state index contributed by atoms with van der Waals surface area (Å²) in [5.74, 6) is -1.07. The molecule has 3 atom stereocenters. The molecule has 3 fully saturated rings. The van der Waals surface area contributed by atoms with E-state index in [1.165, 1.54) is 19.4 Å². The molecule has 8 rings (SSSR count). The Morgan fingerprint density at radius 2 is 1.85 bits per heavy atom. The van der Waals surface area contributed by atoms with Gasteiger partial charge in [-0.2, -0.15) is 0 Å². The van der Waals surface area contributed by atoms with Crippen molar-refractivity contribution in [3.8, 4) is 5.75 Å². The minimum atomic E-state index is -1.30. The summed E-state index contributed by atoms with van der Waals surface area (Å²) in [6.07, 6.45) is 10.6. The molecule has 14 heteroatoms. The highest BCUT2D eigenvalue weighted by Crippen LogP contribution is 2.45. The molecule has 2 saturated heterocycles. The zero-order valence-electron chi connectivity index (χ0n) is 29.0. The normalized spacial score (nSPS) is 18.7. The quantitative estimate of drug-likeness (QED) is 0.146. The van der Waals surface area contributed by atoms with E-state index in [1.54, 1.807) is 23.2 Å². The lowest BCUT2D eigenvalue weighted by Gasteiger charge is -2.25. The van der Waals surface area contributed by atoms with Crippen LogP contribution in [0.4, 0.5) is 10.1 Å². The Hall–Kier alpha value is -4.13. The van der Waals surface area contributed by atoms with E-state index in [9.17, 15) is 14.7 Å². The second-order valence-corrected chi connectivity index (χ2v) is 15.0. The first kappa shape index (κ1) is 37.2. The number of aromatic nitrogens is 3. The number of aromatic carboxylic acids is 1. The third-order valence-corrected chi connectivity index (χ3v) is 10.9. The zero-order valence-corrected chi connectivity index (χ0v) is 31.3. The van der Waals surface area contributed by atoms with E-state index in [0.29, 0.717) is 63.7 Å². The zero-order chi connectivity index (χ0) is 37.2. The average molecular weight is 783 g/mol. The number of imidazole rings is 1. The maximum atomic E-state index is 15.3. The van der Waals surface area contributed by atoms with Crippen LogP contribution in [0.1, 0.15) is 59.3 Å². The highest BCUT2D eigenvalue weighted by atomic mass is 35.5. The van der Waals surface area contributed by atoms with E-state index in [0.717, 1.165) is 49.9 Å². The van der Waals surface area contributed by atoms with Crippen molar-refractivity contribution < 1.29 is 23.8 Å². The predicted octanol–water partition coefficient (Wildman–Crippen LogP) is 8.17. The molecule has 0 bridgehead atoms. The van der Waals surface area contributed by atoms with Gasteiger partial charge >= 0.3 is 5.97 Å². The number of ether oxygens (including phenoxy) is 2. The Balaban J connectivity index is 0.000000168. The number of carboxylic acids is 1. The smallest absolute Gasteiger partial charge is 0.341 e. The Morgan fingerprint density at radius 3 is 2.51 bits per heavy atom. The first-order chi connectivity index (χ1) is 25.6. The fourth-order valence-electron chi connectivity index (χ4n) is 7.32. The lowest BCUT2D eigenvalue weighted by Crippen LogP contribution is -2.40. The molecule has 3 aliphatic rings. The first-order valence-electron chi connectivity index (χ1n) is 17.5. The summed E-state index contributed by atoms with van der Waals surface area (Å²) >= 11 is 18.3. The summed E-state index contributed by atoms with van der Waals surface area (Å²) < 4.78 is 30.9. The van der Waals surface area contributed by atoms with Crippen molar-refractivity contribution in [1.82, 2.24) is 19.4 Å². The van der Waals surface area contributed by atoms with Crippen molar-refractivity contribution in [1.29, 1.82) is 0 Å². The summed E-state index contributed by atoms with van der Waals surface area (Å²) in [4.78, 5) is 30.4. The monoisotopic (exact) mass is 781 g/mol. The number of hydrogen-bond acceptors (Lipinski definition) is 7. The fraction of sp³-hybridized carbons (Fsp3) is 0.359. The van der Waals surface area contributed by atoms with Gasteiger partial charge in [0.05, 0.1) is 37.5 Å². The molecule has 10 nitrogen and oxygen atoms in total. The van der Waals surface area contributed by atoms with Gasteiger partial charge in [0.15, 0.2) is 11.6 Å². The number of nitrogens with one attached hydrogen (secondary N) is 1. The van der Waals surface area contributed by atoms with Crippen LogP contribution in [0.3, 0.4) is 0 Å². The predicted molar refractivity (Wildman–Crippen MR) is 204 cm³/mol. The van der Waals surface area contributed by atoms with Crippen LogP contribution in [0.25, 0.3) is 10.9 Å². The number of piperidine rings is 1. The van der Waals surface area contributed by atoms with Crippen molar-refractivity contribution in [2.45, 2.75) is 57.0 Å². The van der Waals surface area contributed by atoms with Crippen LogP contribution in [-0.2, 0) is 17.9 Å². The molecule has 2 N–H and O–H groups in total. The number of methoxy groups -OCH3 is 1. The van der Waals surface area contributed by atoms with E-state index in [4.69, 9.17) is 44.3 Å². The van der Waals surface area contributed by atoms with Crippen LogP contribution in [0.5, 0.6) is 5.75 Å². The summed E-state index contributed by atoms with van der Waals surface area (Å²) in [6.45, 7) is 3.46. The van der Waals surface area contributed by atoms with E-state index in [-0.39, 0.29) is 23.1 Å². The van der Waals surface area contributed by atoms with E-state index in [2.05, 4.69) is 10.3 Å². The third-order valence-electron chi connectivity index (χ3n) is 10.1. The maximum Gasteiger partial charge on any atom is 0.341 e. The SMILES string of the molecule is COc1c(N2C[C@@H]3CCCN[C@@H]3C2)c(F)cc2c(=O)c(C(=O)O)cn(C3CC3)c12.Clc1ccc(COC(Cn2ccnc2)c2ccc(Cl)cc2Cl)cc1. The Bertz CT molecular complexity index is 2150. The lowest BCUT2D eigenvalue weighted by molar-refractivity contribution is 0.0280. The van der Waals surface area contributed by atoms with Crippen molar-refractivity contribution in [2.75, 3.05) is 31.6 Å². The van der Waals surface area contributed by atoms with Crippen molar-refractivity contribution in [3.05, 3.63) is 121 Å². The molecule has 2 aromatic heterocycles. The van der Waals surface area contributed by atoms with Crippen LogP contribution in [0.15, 0.2) is 78.2 Å². The highest BCUT2D eigenvalue weighted by Gasteiger charge is 2.38. The van der Waals surface area contributed by atoms with Gasteiger partial charge in [0.25, 0.3) is 0 Å². The standard InChI is InChI=1S/C21H24FN3O4.C18H15Cl3N2O/c1-29-20-17-13(19(26)14(21(27)28)9-25(17)12-4-5-12)7-15(22)18(20)24-8-11-3-2-6-23-16(11)10-24;19-14-3-1-13(2-4-14)11-24-18(10-23-8-7-22-12-23)16-6-5-15(20)9-17(16)21/h7,9,11-12,16,23H,2-6,8,10H2,1H3,(H,27,28);1-9,12,18H,10-11H2/t11-,16+;/m0./s1. The molecule has 4 heterocycles. The van der Waals surface area contributed by atoms with Gasteiger partial charge in [-0.3, -0.25) is 4.79 Å². The Labute approximate surface area is 321 Å². The molecule has 53 heavy (non-hydrogen) atoms. The van der Waals surface area contributed by atoms with E-state index < -0.39 is 17.2 Å². The second-order valence-electron chi connectivity index (χ2n) is 13.7. The van der Waals surface area contributed by atoms with Gasteiger partial charge < -0.3 is 33.9 Å². The molecular formula is C39H39Cl3FN5O5. The molecule has 1 saturated carbocycles. The van der Waals surface area contributed by atoms with Gasteiger partial charge in [-0.1, -0.05) is 53.0 Å². The molecule has 1 unspecified atom stereocenters. The van der Waals surface area contributed by atoms with Crippen molar-refractivity contribution in [3.63, 3.8) is 0 Å². The number of nitrogens with zero attached hydrogens (tertiary/aromatic N) is 4. The number of carbonyl (C=O) groups is 1. The van der Waals surface area contributed by atoms with Gasteiger partial charge in [0.2, 0.25) is 5.43 Å². The number of rotatable bonds is 10. The van der Waals surface area contributed by atoms with Gasteiger partial charge in [-0.05, 0) is 74.0 Å². The molecular weight excluding hydrogens is 744 g/mol. The van der Waals surface area contributed by atoms with Gasteiger partial charge in [0.1, 0.15) is 17.4 Å². The number of fused-ring (bicyclic) bond motifs is 2. The topological polar surface area (TPSA) is 111 Å². The van der Waals surface area contributed by atoms with Crippen LogP contribution in [0, 0.1) is 11.7 Å². The number of carboxylic acid groups (broad SMARTS) is 1. The molecule has 1 aliphatic carbocycles. The molecule has 0 radical (unpaired) electrons. The van der Waals surface area contributed by atoms with Gasteiger partial charge in [-0.15, -0.1) is 0 Å². The van der Waals surface area contributed by atoms with Gasteiger partial charge in [0, 0.05) is 64.4 Å². The molecule has 5 aromatic rings. The first-order valence-corrected chi connectivity index (χ1v) is 18.7. The van der Waals surface area contributed by atoms with E-state index >= 15 is 4.39 Å². The summed E-state index contributed by atoms with van der Waals surface area (Å²) in [7, 11) is 1.48. The number of anilines is 1. The van der Waals surface area contributed by atoms with Crippen LogP contribution in [0.2, 0.25) is 15.1 Å². The fourth-order valence-corrected chi connectivity index (χ4v) is 7.98. The van der Waals surface area contributed by atoms with Crippen molar-refractivity contribution in [2.24, 2.45) is 5.92 Å². The molecule has 0 amide bonds. The summed E-state index contributed by atoms with van der Waals surface area (Å²) in [6, 6.07) is 14.6. The van der Waals surface area contributed by atoms with Gasteiger partial charge in [-0.25, -0.2) is 14.2 Å². The van der Waals surface area contributed by atoms with Crippen molar-refractivity contribution >= 4 is 57.4 Å². The number of pyridine rings is 1. The third kappa shape index (κ3) is 8.19. The molecule has 2 aliphatic heterocycles. The molecule has 3 aromatic carbocycles. The Kier molecular flexibility index (Phi) is 11.3. The number of benzene rings is 3. The number of halogens is 4. The maximum absolute atomic E-state index is 15.3. The number of hydrogen-bond donors (Lipinski definition) is 2. The minimum Gasteiger partial charge on any atom is -0.492 e. The van der Waals surface area contributed by atoms with Crippen LogP contribution in [-0.4, -0.2) is 58.0 Å². The van der Waals surface area contributed by atoms with E-state index in [1.807, 2.05) is 52.1 Å². The highest BCUT2D eigenvalue weighted by molar-refractivity contribution is 6.35. The average Bonchev–Trinajstić information content (AvgIpc) is 3.68. The minimum absolute atomic E-state index is 0.0599. The van der Waals surface area contributed by atoms with Crippen LogP contribution < -0.4 is 20.4 Å². The lowest BCUT2D eigenvalue weighted by atomic mass is 9.94. The molecule has 278 valence electrons. The van der Waals surface area contributed by atoms with Crippen LogP contribution >= 0.6 is 34.8 Å². The summed E-state index contributed by atoms with van der Waals surface area (Å²) in [5.41, 5.74) is 1.78. The largest absolute Gasteiger partial charge is 0.492 e. The Morgan fingerprint density at radius 1 is 1.08 bits per heavy atom.